The van der Waals surface area contributed by atoms with Gasteiger partial charge in [-0.3, -0.25) is 14.0 Å². The van der Waals surface area contributed by atoms with E-state index in [1.165, 1.54) is 10.5 Å². The van der Waals surface area contributed by atoms with Gasteiger partial charge in [0.2, 0.25) is 0 Å². The van der Waals surface area contributed by atoms with E-state index in [0.717, 1.165) is 11.1 Å². The molecule has 0 bridgehead atoms. The average molecular weight is 442 g/mol. The van der Waals surface area contributed by atoms with Crippen molar-refractivity contribution in [2.75, 3.05) is 5.32 Å². The van der Waals surface area contributed by atoms with Crippen LogP contribution in [0.25, 0.3) is 5.65 Å². The van der Waals surface area contributed by atoms with Gasteiger partial charge in [-0.25, -0.2) is 4.98 Å². The van der Waals surface area contributed by atoms with Gasteiger partial charge in [0, 0.05) is 17.8 Å². The number of carbonyl (C=O) groups is 1. The molecule has 0 aliphatic carbocycles. The molecule has 0 radical (unpaired) electrons. The predicted octanol–water partition coefficient (Wildman–Crippen LogP) is 5.13. The van der Waals surface area contributed by atoms with Crippen LogP contribution in [-0.2, 0) is 12.0 Å². The summed E-state index contributed by atoms with van der Waals surface area (Å²) in [5.41, 5.74) is 4.20. The number of carbonyl (C=O) groups excluding carboxylic acids is 1. The van der Waals surface area contributed by atoms with Crippen LogP contribution in [0.3, 0.4) is 0 Å². The molecule has 2 heterocycles. The van der Waals surface area contributed by atoms with Gasteiger partial charge in [-0.1, -0.05) is 51.1 Å². The minimum absolute atomic E-state index is 0.0214. The number of aromatic nitrogens is 2. The second-order valence-corrected chi connectivity index (χ2v) is 9.09. The van der Waals surface area contributed by atoms with Crippen LogP contribution in [0.1, 0.15) is 48.0 Å². The lowest BCUT2D eigenvalue weighted by Crippen LogP contribution is -2.17. The van der Waals surface area contributed by atoms with Gasteiger partial charge in [0.05, 0.1) is 11.4 Å². The van der Waals surface area contributed by atoms with E-state index in [1.807, 2.05) is 49.4 Å². The highest BCUT2D eigenvalue weighted by atomic mass is 16.5. The van der Waals surface area contributed by atoms with Crippen molar-refractivity contribution in [3.63, 3.8) is 0 Å². The first-order chi connectivity index (χ1) is 15.7. The number of nitrogens with zero attached hydrogens (tertiary/aromatic N) is 2. The number of benzene rings is 2. The molecular formula is C27H27N3O3. The van der Waals surface area contributed by atoms with Crippen molar-refractivity contribution in [3.05, 3.63) is 106 Å². The number of ether oxygens (including phenoxy) is 1. The molecule has 33 heavy (non-hydrogen) atoms. The highest BCUT2D eigenvalue weighted by Gasteiger charge is 2.15. The maximum absolute atomic E-state index is 12.8. The van der Waals surface area contributed by atoms with E-state index in [2.05, 4.69) is 31.1 Å². The zero-order valence-corrected chi connectivity index (χ0v) is 19.3. The molecule has 0 saturated carbocycles. The highest BCUT2D eigenvalue weighted by Crippen LogP contribution is 2.26. The van der Waals surface area contributed by atoms with E-state index in [1.54, 1.807) is 24.4 Å². The molecule has 2 aromatic heterocycles. The van der Waals surface area contributed by atoms with Gasteiger partial charge in [-0.15, -0.1) is 0 Å². The van der Waals surface area contributed by atoms with Crippen LogP contribution in [0, 0.1) is 6.92 Å². The third kappa shape index (κ3) is 5.12. The Morgan fingerprint density at radius 2 is 1.76 bits per heavy atom. The topological polar surface area (TPSA) is 72.7 Å². The Morgan fingerprint density at radius 1 is 1.03 bits per heavy atom. The molecule has 4 rings (SSSR count). The second kappa shape index (κ2) is 8.90. The highest BCUT2D eigenvalue weighted by molar-refractivity contribution is 6.05. The van der Waals surface area contributed by atoms with Gasteiger partial charge in [-0.05, 0) is 53.8 Å². The van der Waals surface area contributed by atoms with Gasteiger partial charge in [0.25, 0.3) is 11.5 Å². The number of amides is 1. The number of para-hydroxylation sites is 2. The average Bonchev–Trinajstić information content (AvgIpc) is 2.78. The molecule has 0 aliphatic rings. The Kier molecular flexibility index (Phi) is 6.01. The predicted molar refractivity (Wildman–Crippen MR) is 130 cm³/mol. The number of rotatable bonds is 5. The Bertz CT molecular complexity index is 1370. The molecule has 0 aliphatic heterocycles. The van der Waals surface area contributed by atoms with Crippen LogP contribution in [0.15, 0.2) is 77.7 Å². The summed E-state index contributed by atoms with van der Waals surface area (Å²) in [7, 11) is 0. The molecule has 0 atom stereocenters. The largest absolute Gasteiger partial charge is 0.485 e. The van der Waals surface area contributed by atoms with E-state index in [9.17, 15) is 9.59 Å². The van der Waals surface area contributed by atoms with Gasteiger partial charge < -0.3 is 10.1 Å². The van der Waals surface area contributed by atoms with Crippen molar-refractivity contribution in [2.45, 2.75) is 39.7 Å². The molecule has 4 aromatic rings. The van der Waals surface area contributed by atoms with Crippen LogP contribution >= 0.6 is 0 Å². The summed E-state index contributed by atoms with van der Waals surface area (Å²) in [5, 5.41) is 2.92. The van der Waals surface area contributed by atoms with E-state index < -0.39 is 0 Å². The van der Waals surface area contributed by atoms with Crippen molar-refractivity contribution in [2.24, 2.45) is 0 Å². The molecule has 6 heteroatoms. The number of nitrogens with one attached hydrogen (secondary N) is 1. The monoisotopic (exact) mass is 441 g/mol. The number of hydrogen-bond donors (Lipinski definition) is 1. The third-order valence-electron chi connectivity index (χ3n) is 5.38. The zero-order valence-electron chi connectivity index (χ0n) is 19.3. The van der Waals surface area contributed by atoms with Gasteiger partial charge in [-0.2, -0.15) is 0 Å². The van der Waals surface area contributed by atoms with Crippen LogP contribution in [0.5, 0.6) is 5.75 Å². The summed E-state index contributed by atoms with van der Waals surface area (Å²) < 4.78 is 7.44. The summed E-state index contributed by atoms with van der Waals surface area (Å²) >= 11 is 0. The summed E-state index contributed by atoms with van der Waals surface area (Å²) in [5.74, 6) is 0.284. The van der Waals surface area contributed by atoms with E-state index in [4.69, 9.17) is 4.74 Å². The molecule has 168 valence electrons. The molecule has 0 unspecified atom stereocenters. The number of fused-ring (bicyclic) bond motifs is 1. The third-order valence-corrected chi connectivity index (χ3v) is 5.38. The standard InChI is InChI=1S/C27H27N3O3/c1-18-9-14-24-28-21(15-25(31)30(24)16-18)17-33-23-8-6-5-7-22(23)29-26(32)19-10-12-20(13-11-19)27(2,3)4/h5-16H,17H2,1-4H3,(H,29,32). The number of pyridine rings is 1. The molecular weight excluding hydrogens is 414 g/mol. The Balaban J connectivity index is 1.50. The maximum atomic E-state index is 12.8. The summed E-state index contributed by atoms with van der Waals surface area (Å²) in [6.45, 7) is 8.43. The zero-order chi connectivity index (χ0) is 23.6. The Hall–Kier alpha value is -3.93. The van der Waals surface area contributed by atoms with Crippen molar-refractivity contribution in [1.29, 1.82) is 0 Å². The Morgan fingerprint density at radius 3 is 2.48 bits per heavy atom. The lowest BCUT2D eigenvalue weighted by Gasteiger charge is -2.19. The van der Waals surface area contributed by atoms with Gasteiger partial charge in [0.15, 0.2) is 0 Å². The minimum Gasteiger partial charge on any atom is -0.485 e. The minimum atomic E-state index is -0.219. The van der Waals surface area contributed by atoms with Crippen molar-refractivity contribution in [3.8, 4) is 5.75 Å². The molecule has 1 amide bonds. The number of aryl methyl sites for hydroxylation is 1. The molecule has 0 fully saturated rings. The summed E-state index contributed by atoms with van der Waals surface area (Å²) in [6.07, 6.45) is 1.76. The molecule has 6 nitrogen and oxygen atoms in total. The molecule has 0 spiro atoms. The fourth-order valence-corrected chi connectivity index (χ4v) is 3.50. The summed E-state index contributed by atoms with van der Waals surface area (Å²) in [6, 6.07) is 20.0. The normalized spacial score (nSPS) is 11.4. The SMILES string of the molecule is Cc1ccc2nc(COc3ccccc3NC(=O)c3ccc(C(C)(C)C)cc3)cc(=O)n2c1. The second-order valence-electron chi connectivity index (χ2n) is 9.09. The van der Waals surface area contributed by atoms with Crippen LogP contribution < -0.4 is 15.6 Å². The number of hydrogen-bond acceptors (Lipinski definition) is 4. The Labute approximate surface area is 192 Å². The first kappa shape index (κ1) is 22.3. The lowest BCUT2D eigenvalue weighted by molar-refractivity contribution is 0.102. The van der Waals surface area contributed by atoms with E-state index in [0.29, 0.717) is 28.3 Å². The van der Waals surface area contributed by atoms with Crippen LogP contribution in [-0.4, -0.2) is 15.3 Å². The lowest BCUT2D eigenvalue weighted by atomic mass is 9.87. The van der Waals surface area contributed by atoms with Crippen LogP contribution in [0.4, 0.5) is 5.69 Å². The van der Waals surface area contributed by atoms with Crippen LogP contribution in [0.2, 0.25) is 0 Å². The van der Waals surface area contributed by atoms with Crippen molar-refractivity contribution in [1.82, 2.24) is 9.38 Å². The molecule has 0 saturated heterocycles. The van der Waals surface area contributed by atoms with E-state index >= 15 is 0 Å². The van der Waals surface area contributed by atoms with Crippen molar-refractivity contribution < 1.29 is 9.53 Å². The first-order valence-electron chi connectivity index (χ1n) is 10.8. The van der Waals surface area contributed by atoms with Gasteiger partial charge in [0.1, 0.15) is 18.0 Å². The fourth-order valence-electron chi connectivity index (χ4n) is 3.50. The number of anilines is 1. The van der Waals surface area contributed by atoms with E-state index in [-0.39, 0.29) is 23.5 Å². The quantitative estimate of drug-likeness (QED) is 0.466. The molecule has 1 N–H and O–H groups in total. The first-order valence-corrected chi connectivity index (χ1v) is 10.8. The fraction of sp³-hybridized carbons (Fsp3) is 0.222. The van der Waals surface area contributed by atoms with Gasteiger partial charge >= 0.3 is 0 Å². The maximum Gasteiger partial charge on any atom is 0.258 e. The van der Waals surface area contributed by atoms with Crippen molar-refractivity contribution >= 4 is 17.2 Å². The summed E-state index contributed by atoms with van der Waals surface area (Å²) in [4.78, 5) is 29.7. The smallest absolute Gasteiger partial charge is 0.258 e. The molecule has 2 aromatic carbocycles.